The topological polar surface area (TPSA) is 36.1 Å². The van der Waals surface area contributed by atoms with Gasteiger partial charge >= 0.3 is 0 Å². The normalized spacial score (nSPS) is 16.1. The molecule has 0 aromatic heterocycles. The van der Waals surface area contributed by atoms with Crippen LogP contribution < -0.4 is 0 Å². The van der Waals surface area contributed by atoms with E-state index in [1.165, 1.54) is 11.9 Å². The number of hydrogen-bond acceptors (Lipinski definition) is 3. The number of nitriles is 1. The highest BCUT2D eigenvalue weighted by molar-refractivity contribution is 8.02. The van der Waals surface area contributed by atoms with Gasteiger partial charge < -0.3 is 0 Å². The molecule has 0 radical (unpaired) electrons. The molecule has 0 aromatic carbocycles. The molecule has 0 saturated heterocycles. The SMILES string of the molecule is N#CC1=CC=CC=NS1. The molecule has 0 aliphatic carbocycles. The lowest BCUT2D eigenvalue weighted by Crippen LogP contribution is -1.61. The van der Waals surface area contributed by atoms with E-state index >= 15 is 0 Å². The molecule has 0 amide bonds. The minimum Gasteiger partial charge on any atom is -0.219 e. The molecule has 0 N–H and O–H groups in total. The van der Waals surface area contributed by atoms with E-state index in [0.29, 0.717) is 4.91 Å². The highest BCUT2D eigenvalue weighted by atomic mass is 32.2. The molecule has 1 aliphatic heterocycles. The summed E-state index contributed by atoms with van der Waals surface area (Å²) < 4.78 is 3.84. The second-order valence-corrected chi connectivity index (χ2v) is 2.21. The van der Waals surface area contributed by atoms with E-state index in [2.05, 4.69) is 4.40 Å². The van der Waals surface area contributed by atoms with Crippen LogP contribution in [-0.4, -0.2) is 6.21 Å². The van der Waals surface area contributed by atoms with E-state index < -0.39 is 0 Å². The standard InChI is InChI=1S/C6H4N2S/c7-5-6-3-1-2-4-8-9-6/h1-4H. The van der Waals surface area contributed by atoms with Gasteiger partial charge in [-0.3, -0.25) is 0 Å². The molecule has 0 fully saturated rings. The van der Waals surface area contributed by atoms with E-state index in [1.807, 2.05) is 6.07 Å². The maximum absolute atomic E-state index is 8.37. The van der Waals surface area contributed by atoms with Crippen molar-refractivity contribution in [2.75, 3.05) is 0 Å². The van der Waals surface area contributed by atoms with Crippen molar-refractivity contribution in [1.29, 1.82) is 5.26 Å². The van der Waals surface area contributed by atoms with Crippen LogP contribution in [0.25, 0.3) is 0 Å². The summed E-state index contributed by atoms with van der Waals surface area (Å²) in [5.74, 6) is 0. The number of nitrogens with zero attached hydrogens (tertiary/aromatic N) is 2. The zero-order valence-electron chi connectivity index (χ0n) is 4.61. The Morgan fingerprint density at radius 3 is 3.22 bits per heavy atom. The zero-order chi connectivity index (χ0) is 6.53. The van der Waals surface area contributed by atoms with Crippen molar-refractivity contribution in [3.8, 4) is 6.07 Å². The molecular weight excluding hydrogens is 132 g/mol. The minimum absolute atomic E-state index is 0.625. The van der Waals surface area contributed by atoms with Crippen molar-refractivity contribution >= 4 is 18.2 Å². The summed E-state index contributed by atoms with van der Waals surface area (Å²) in [5, 5.41) is 8.37. The predicted octanol–water partition coefficient (Wildman–Crippen LogP) is 1.68. The Hall–Kier alpha value is -1.01. The van der Waals surface area contributed by atoms with Crippen LogP contribution in [0.4, 0.5) is 0 Å². The van der Waals surface area contributed by atoms with Crippen molar-refractivity contribution in [2.45, 2.75) is 0 Å². The Balaban J connectivity index is 2.77. The third kappa shape index (κ3) is 1.74. The van der Waals surface area contributed by atoms with Gasteiger partial charge in [0.15, 0.2) is 0 Å². The predicted molar refractivity (Wildman–Crippen MR) is 38.9 cm³/mol. The van der Waals surface area contributed by atoms with Gasteiger partial charge in [-0.15, -0.1) is 0 Å². The summed E-state index contributed by atoms with van der Waals surface area (Å²) in [6.45, 7) is 0. The fourth-order valence-corrected chi connectivity index (χ4v) is 0.828. The van der Waals surface area contributed by atoms with Gasteiger partial charge in [-0.2, -0.15) is 5.26 Å². The van der Waals surface area contributed by atoms with Gasteiger partial charge in [-0.1, -0.05) is 6.08 Å². The van der Waals surface area contributed by atoms with Crippen molar-refractivity contribution in [1.82, 2.24) is 0 Å². The molecule has 9 heavy (non-hydrogen) atoms. The second-order valence-electron chi connectivity index (χ2n) is 1.37. The van der Waals surface area contributed by atoms with Crippen LogP contribution in [0.15, 0.2) is 27.5 Å². The monoisotopic (exact) mass is 136 g/mol. The first-order valence-corrected chi connectivity index (χ1v) is 3.18. The van der Waals surface area contributed by atoms with Gasteiger partial charge in [0.25, 0.3) is 0 Å². The van der Waals surface area contributed by atoms with E-state index in [4.69, 9.17) is 5.26 Å². The average Bonchev–Trinajstić information content (AvgIpc) is 2.13. The molecule has 1 aliphatic rings. The van der Waals surface area contributed by atoms with Gasteiger partial charge in [0.05, 0.1) is 0 Å². The lowest BCUT2D eigenvalue weighted by molar-refractivity contribution is 1.53. The smallest absolute Gasteiger partial charge is 0.108 e. The number of hydrogen-bond donors (Lipinski definition) is 0. The maximum atomic E-state index is 8.37. The fraction of sp³-hybridized carbons (Fsp3) is 0. The molecule has 0 atom stereocenters. The summed E-state index contributed by atoms with van der Waals surface area (Å²) in [6.07, 6.45) is 6.97. The molecule has 3 heteroatoms. The van der Waals surface area contributed by atoms with Crippen molar-refractivity contribution in [3.63, 3.8) is 0 Å². The van der Waals surface area contributed by atoms with E-state index in [9.17, 15) is 0 Å². The zero-order valence-corrected chi connectivity index (χ0v) is 5.43. The molecule has 44 valence electrons. The van der Waals surface area contributed by atoms with E-state index in [-0.39, 0.29) is 0 Å². The van der Waals surface area contributed by atoms with Crippen LogP contribution in [0.1, 0.15) is 0 Å². The Kier molecular flexibility index (Phi) is 2.11. The summed E-state index contributed by atoms with van der Waals surface area (Å²) in [5.41, 5.74) is 0. The van der Waals surface area contributed by atoms with Gasteiger partial charge in [-0.25, -0.2) is 4.40 Å². The van der Waals surface area contributed by atoms with Crippen LogP contribution in [0.5, 0.6) is 0 Å². The van der Waals surface area contributed by atoms with Crippen LogP contribution >= 0.6 is 11.9 Å². The van der Waals surface area contributed by atoms with Gasteiger partial charge in [0.2, 0.25) is 0 Å². The minimum atomic E-state index is 0.625. The molecular formula is C6H4N2S. The van der Waals surface area contributed by atoms with E-state index in [1.54, 1.807) is 24.4 Å². The largest absolute Gasteiger partial charge is 0.219 e. The van der Waals surface area contributed by atoms with Crippen molar-refractivity contribution < 1.29 is 0 Å². The number of allylic oxidation sites excluding steroid dienone is 4. The van der Waals surface area contributed by atoms with Crippen molar-refractivity contribution in [3.05, 3.63) is 23.1 Å². The first kappa shape index (κ1) is 6.12. The Bertz CT molecular complexity index is 220. The first-order chi connectivity index (χ1) is 4.43. The molecule has 0 bridgehead atoms. The third-order valence-electron chi connectivity index (χ3n) is 0.767. The highest BCUT2D eigenvalue weighted by Crippen LogP contribution is 2.16. The Morgan fingerprint density at radius 2 is 2.44 bits per heavy atom. The molecule has 0 aromatic rings. The van der Waals surface area contributed by atoms with Crippen LogP contribution in [0, 0.1) is 11.3 Å². The second kappa shape index (κ2) is 3.10. The van der Waals surface area contributed by atoms with Crippen LogP contribution in [-0.2, 0) is 0 Å². The molecule has 1 rings (SSSR count). The molecule has 0 saturated carbocycles. The van der Waals surface area contributed by atoms with Crippen LogP contribution in [0.3, 0.4) is 0 Å². The number of rotatable bonds is 0. The van der Waals surface area contributed by atoms with E-state index in [0.717, 1.165) is 0 Å². The maximum Gasteiger partial charge on any atom is 0.108 e. The third-order valence-corrected chi connectivity index (χ3v) is 1.42. The quantitative estimate of drug-likeness (QED) is 0.475. The summed E-state index contributed by atoms with van der Waals surface area (Å²) in [6, 6.07) is 2.00. The first-order valence-electron chi connectivity index (χ1n) is 2.41. The molecule has 2 nitrogen and oxygen atoms in total. The molecule has 1 heterocycles. The summed E-state index contributed by atoms with van der Waals surface area (Å²) in [4.78, 5) is 0.625. The summed E-state index contributed by atoms with van der Waals surface area (Å²) in [7, 11) is 0. The van der Waals surface area contributed by atoms with Crippen molar-refractivity contribution in [2.24, 2.45) is 4.40 Å². The van der Waals surface area contributed by atoms with Gasteiger partial charge in [0.1, 0.15) is 11.0 Å². The van der Waals surface area contributed by atoms with Gasteiger partial charge in [0, 0.05) is 18.2 Å². The Morgan fingerprint density at radius 1 is 1.56 bits per heavy atom. The average molecular weight is 136 g/mol. The lowest BCUT2D eigenvalue weighted by atomic mass is 10.4. The summed E-state index contributed by atoms with van der Waals surface area (Å²) >= 11 is 1.19. The Labute approximate surface area is 57.7 Å². The lowest BCUT2D eigenvalue weighted by Gasteiger charge is -1.81. The highest BCUT2D eigenvalue weighted by Gasteiger charge is 1.92. The van der Waals surface area contributed by atoms with Gasteiger partial charge in [-0.05, 0) is 12.2 Å². The van der Waals surface area contributed by atoms with Crippen LogP contribution in [0.2, 0.25) is 0 Å². The fourth-order valence-electron chi connectivity index (χ4n) is 0.403. The molecule has 0 unspecified atom stereocenters. The molecule has 0 spiro atoms.